The maximum Gasteiger partial charge on any atom is 0.314 e. The van der Waals surface area contributed by atoms with Crippen LogP contribution in [0.25, 0.3) is 0 Å². The van der Waals surface area contributed by atoms with Gasteiger partial charge in [0, 0.05) is 25.6 Å². The molecule has 0 bridgehead atoms. The van der Waals surface area contributed by atoms with E-state index in [1.54, 1.807) is 6.92 Å². The highest BCUT2D eigenvalue weighted by Gasteiger charge is 2.08. The van der Waals surface area contributed by atoms with Gasteiger partial charge in [-0.05, 0) is 40.0 Å². The molecule has 0 aliphatic heterocycles. The van der Waals surface area contributed by atoms with Crippen molar-refractivity contribution in [2.24, 2.45) is 0 Å². The second-order valence-corrected chi connectivity index (χ2v) is 4.86. The SMILES string of the molecule is CC(CCC(=O)O)NC(=O)NCCCCOC(C)C. The molecule has 0 aromatic rings. The summed E-state index contributed by atoms with van der Waals surface area (Å²) in [5.74, 6) is -0.848. The first-order chi connectivity index (χ1) is 8.91. The molecule has 2 amide bonds. The van der Waals surface area contributed by atoms with Crippen LogP contribution < -0.4 is 10.6 Å². The Kier molecular flexibility index (Phi) is 9.88. The van der Waals surface area contributed by atoms with Gasteiger partial charge in [0.2, 0.25) is 0 Å². The van der Waals surface area contributed by atoms with E-state index in [0.717, 1.165) is 12.8 Å². The maximum atomic E-state index is 11.4. The highest BCUT2D eigenvalue weighted by Crippen LogP contribution is 1.96. The second-order valence-electron chi connectivity index (χ2n) is 4.86. The Balaban J connectivity index is 3.45. The molecule has 0 rings (SSSR count). The Morgan fingerprint density at radius 3 is 2.47 bits per heavy atom. The number of rotatable bonds is 10. The van der Waals surface area contributed by atoms with Crippen LogP contribution in [0.15, 0.2) is 0 Å². The predicted octanol–water partition coefficient (Wildman–Crippen LogP) is 1.74. The Morgan fingerprint density at radius 1 is 1.21 bits per heavy atom. The molecule has 1 atom stereocenters. The minimum atomic E-state index is -0.848. The normalized spacial score (nSPS) is 12.2. The minimum Gasteiger partial charge on any atom is -0.481 e. The maximum absolute atomic E-state index is 11.4. The van der Waals surface area contributed by atoms with E-state index in [0.29, 0.717) is 19.6 Å². The molecule has 0 aromatic heterocycles. The fourth-order valence-corrected chi connectivity index (χ4v) is 1.43. The quantitative estimate of drug-likeness (QED) is 0.530. The van der Waals surface area contributed by atoms with E-state index in [1.165, 1.54) is 0 Å². The smallest absolute Gasteiger partial charge is 0.314 e. The van der Waals surface area contributed by atoms with Crippen molar-refractivity contribution in [3.05, 3.63) is 0 Å². The highest BCUT2D eigenvalue weighted by molar-refractivity contribution is 5.74. The van der Waals surface area contributed by atoms with Crippen LogP contribution in [0.1, 0.15) is 46.5 Å². The molecule has 0 spiro atoms. The van der Waals surface area contributed by atoms with Gasteiger partial charge in [0.25, 0.3) is 0 Å². The molecular formula is C13H26N2O4. The lowest BCUT2D eigenvalue weighted by Gasteiger charge is -2.13. The molecule has 0 saturated carbocycles. The van der Waals surface area contributed by atoms with Crippen molar-refractivity contribution in [2.75, 3.05) is 13.2 Å². The third-order valence-electron chi connectivity index (χ3n) is 2.48. The second kappa shape index (κ2) is 10.6. The third kappa shape index (κ3) is 12.9. The molecule has 0 fully saturated rings. The van der Waals surface area contributed by atoms with Gasteiger partial charge >= 0.3 is 12.0 Å². The van der Waals surface area contributed by atoms with Crippen molar-refractivity contribution in [3.8, 4) is 0 Å². The summed E-state index contributed by atoms with van der Waals surface area (Å²) < 4.78 is 5.38. The number of nitrogens with one attached hydrogen (secondary N) is 2. The van der Waals surface area contributed by atoms with Crippen LogP contribution in [0.4, 0.5) is 4.79 Å². The van der Waals surface area contributed by atoms with Crippen LogP contribution >= 0.6 is 0 Å². The van der Waals surface area contributed by atoms with E-state index in [1.807, 2.05) is 13.8 Å². The molecule has 112 valence electrons. The van der Waals surface area contributed by atoms with Gasteiger partial charge in [0.1, 0.15) is 0 Å². The van der Waals surface area contributed by atoms with E-state index < -0.39 is 5.97 Å². The molecule has 0 radical (unpaired) electrons. The highest BCUT2D eigenvalue weighted by atomic mass is 16.5. The van der Waals surface area contributed by atoms with Crippen molar-refractivity contribution >= 4 is 12.0 Å². The van der Waals surface area contributed by atoms with Crippen LogP contribution in [0.5, 0.6) is 0 Å². The van der Waals surface area contributed by atoms with Gasteiger partial charge in [-0.15, -0.1) is 0 Å². The van der Waals surface area contributed by atoms with E-state index in [-0.39, 0.29) is 24.6 Å². The number of carboxylic acid groups (broad SMARTS) is 1. The van der Waals surface area contributed by atoms with Crippen molar-refractivity contribution in [1.82, 2.24) is 10.6 Å². The number of ether oxygens (including phenoxy) is 1. The summed E-state index contributed by atoms with van der Waals surface area (Å²) in [7, 11) is 0. The van der Waals surface area contributed by atoms with Gasteiger partial charge in [-0.1, -0.05) is 0 Å². The average molecular weight is 274 g/mol. The Hall–Kier alpha value is -1.30. The number of amides is 2. The summed E-state index contributed by atoms with van der Waals surface area (Å²) >= 11 is 0. The molecule has 0 aliphatic carbocycles. The molecule has 3 N–H and O–H groups in total. The molecule has 0 heterocycles. The third-order valence-corrected chi connectivity index (χ3v) is 2.48. The van der Waals surface area contributed by atoms with E-state index in [9.17, 15) is 9.59 Å². The van der Waals surface area contributed by atoms with Crippen LogP contribution in [-0.4, -0.2) is 42.4 Å². The van der Waals surface area contributed by atoms with Crippen LogP contribution in [0, 0.1) is 0 Å². The number of carboxylic acids is 1. The van der Waals surface area contributed by atoms with Gasteiger partial charge in [0.05, 0.1) is 6.10 Å². The number of unbranched alkanes of at least 4 members (excludes halogenated alkanes) is 1. The van der Waals surface area contributed by atoms with Gasteiger partial charge < -0.3 is 20.5 Å². The first-order valence-electron chi connectivity index (χ1n) is 6.79. The molecule has 0 aliphatic rings. The molecule has 6 heteroatoms. The van der Waals surface area contributed by atoms with Gasteiger partial charge in [-0.25, -0.2) is 4.79 Å². The zero-order chi connectivity index (χ0) is 14.7. The minimum absolute atomic E-state index is 0.0635. The van der Waals surface area contributed by atoms with Gasteiger partial charge in [0.15, 0.2) is 0 Å². The molecule has 0 aromatic carbocycles. The largest absolute Gasteiger partial charge is 0.481 e. The number of aliphatic carboxylic acids is 1. The molecule has 0 saturated heterocycles. The van der Waals surface area contributed by atoms with E-state index in [2.05, 4.69) is 10.6 Å². The summed E-state index contributed by atoms with van der Waals surface area (Å²) in [6, 6.07) is -0.386. The molecule has 6 nitrogen and oxygen atoms in total. The fourth-order valence-electron chi connectivity index (χ4n) is 1.43. The monoisotopic (exact) mass is 274 g/mol. The Bertz CT molecular complexity index is 269. The Morgan fingerprint density at radius 2 is 1.89 bits per heavy atom. The van der Waals surface area contributed by atoms with Crippen molar-refractivity contribution in [2.45, 2.75) is 58.6 Å². The molecular weight excluding hydrogens is 248 g/mol. The van der Waals surface area contributed by atoms with Gasteiger partial charge in [-0.2, -0.15) is 0 Å². The summed E-state index contributed by atoms with van der Waals surface area (Å²) in [5, 5.41) is 14.0. The van der Waals surface area contributed by atoms with Crippen molar-refractivity contribution < 1.29 is 19.4 Å². The number of hydrogen-bond acceptors (Lipinski definition) is 3. The zero-order valence-electron chi connectivity index (χ0n) is 12.1. The van der Waals surface area contributed by atoms with Crippen LogP contribution in [-0.2, 0) is 9.53 Å². The van der Waals surface area contributed by atoms with Crippen molar-refractivity contribution in [1.29, 1.82) is 0 Å². The summed E-state index contributed by atoms with van der Waals surface area (Å²) in [6.45, 7) is 7.07. The number of hydrogen-bond donors (Lipinski definition) is 3. The average Bonchev–Trinajstić information content (AvgIpc) is 2.30. The van der Waals surface area contributed by atoms with Crippen LogP contribution in [0.3, 0.4) is 0 Å². The summed E-state index contributed by atoms with van der Waals surface area (Å²) in [4.78, 5) is 21.8. The molecule has 19 heavy (non-hydrogen) atoms. The number of urea groups is 1. The molecule has 1 unspecified atom stereocenters. The first-order valence-corrected chi connectivity index (χ1v) is 6.79. The van der Waals surface area contributed by atoms with E-state index >= 15 is 0 Å². The Labute approximate surface area is 114 Å². The lowest BCUT2D eigenvalue weighted by molar-refractivity contribution is -0.137. The lowest BCUT2D eigenvalue weighted by atomic mass is 10.2. The number of carbonyl (C=O) groups excluding carboxylic acids is 1. The zero-order valence-corrected chi connectivity index (χ0v) is 12.1. The van der Waals surface area contributed by atoms with Crippen LogP contribution in [0.2, 0.25) is 0 Å². The van der Waals surface area contributed by atoms with E-state index in [4.69, 9.17) is 9.84 Å². The first kappa shape index (κ1) is 17.7. The topological polar surface area (TPSA) is 87.7 Å². The lowest BCUT2D eigenvalue weighted by Crippen LogP contribution is -2.41. The van der Waals surface area contributed by atoms with Gasteiger partial charge in [-0.3, -0.25) is 4.79 Å². The standard InChI is InChI=1S/C13H26N2O4/c1-10(2)19-9-5-4-8-14-13(18)15-11(3)6-7-12(16)17/h10-11H,4-9H2,1-3H3,(H,16,17)(H2,14,15,18). The number of carbonyl (C=O) groups is 2. The summed E-state index contributed by atoms with van der Waals surface area (Å²) in [6.07, 6.45) is 2.52. The predicted molar refractivity (Wildman–Crippen MR) is 73.2 cm³/mol. The summed E-state index contributed by atoms with van der Waals surface area (Å²) in [5.41, 5.74) is 0. The van der Waals surface area contributed by atoms with Crippen molar-refractivity contribution in [3.63, 3.8) is 0 Å². The fraction of sp³-hybridized carbons (Fsp3) is 0.846.